The smallest absolute Gasteiger partial charge is 0.183 e. The zero-order valence-electron chi connectivity index (χ0n) is 6.49. The zero-order valence-corrected chi connectivity index (χ0v) is 7.25. The lowest BCUT2D eigenvalue weighted by molar-refractivity contribution is 0.101. The Labute approximate surface area is 73.9 Å². The predicted octanol–water partition coefficient (Wildman–Crippen LogP) is 0.126. The van der Waals surface area contributed by atoms with Crippen molar-refractivity contribution in [2.45, 2.75) is 13.5 Å². The molecule has 5 nitrogen and oxygen atoms in total. The van der Waals surface area contributed by atoms with Crippen LogP contribution in [0.3, 0.4) is 0 Å². The molecule has 0 saturated heterocycles. The highest BCUT2D eigenvalue weighted by atomic mass is 35.5. The van der Waals surface area contributed by atoms with Crippen molar-refractivity contribution >= 4 is 17.4 Å². The molecule has 0 fully saturated rings. The maximum Gasteiger partial charge on any atom is 0.183 e. The van der Waals surface area contributed by atoms with E-state index in [9.17, 15) is 4.79 Å². The fourth-order valence-corrected chi connectivity index (χ4v) is 1.04. The molecule has 0 unspecified atom stereocenters. The molecule has 1 rings (SSSR count). The summed E-state index contributed by atoms with van der Waals surface area (Å²) in [6, 6.07) is 0. The van der Waals surface area contributed by atoms with E-state index in [-0.39, 0.29) is 29.8 Å². The van der Waals surface area contributed by atoms with Crippen LogP contribution in [0.15, 0.2) is 0 Å². The minimum Gasteiger partial charge on any atom is -0.394 e. The third-order valence-electron chi connectivity index (χ3n) is 1.32. The molecule has 0 radical (unpaired) electrons. The summed E-state index contributed by atoms with van der Waals surface area (Å²) in [6.07, 6.45) is 0. The largest absolute Gasteiger partial charge is 0.394 e. The number of hydrogen-bond acceptors (Lipinski definition) is 4. The third-order valence-corrected chi connectivity index (χ3v) is 1.69. The van der Waals surface area contributed by atoms with Crippen LogP contribution in [0, 0.1) is 0 Å². The van der Waals surface area contributed by atoms with E-state index >= 15 is 0 Å². The van der Waals surface area contributed by atoms with Crippen molar-refractivity contribution in [1.29, 1.82) is 0 Å². The maximum atomic E-state index is 10.8. The predicted molar refractivity (Wildman–Crippen MR) is 42.1 cm³/mol. The van der Waals surface area contributed by atoms with E-state index in [1.807, 2.05) is 0 Å². The summed E-state index contributed by atoms with van der Waals surface area (Å²) in [6.45, 7) is 1.53. The Bertz CT molecular complexity index is 297. The van der Waals surface area contributed by atoms with Crippen LogP contribution >= 0.6 is 11.6 Å². The van der Waals surface area contributed by atoms with Crippen molar-refractivity contribution in [2.24, 2.45) is 0 Å². The van der Waals surface area contributed by atoms with Gasteiger partial charge in [0.05, 0.1) is 13.2 Å². The minimum atomic E-state index is -0.232. The molecule has 12 heavy (non-hydrogen) atoms. The number of carbonyl (C=O) groups excluding carboxylic acids is 1. The van der Waals surface area contributed by atoms with E-state index in [2.05, 4.69) is 10.3 Å². The number of aliphatic hydroxyl groups is 1. The molecule has 0 spiro atoms. The summed E-state index contributed by atoms with van der Waals surface area (Å²) >= 11 is 5.70. The lowest BCUT2D eigenvalue weighted by atomic mass is 10.3. The van der Waals surface area contributed by atoms with Gasteiger partial charge in [-0.1, -0.05) is 16.8 Å². The number of hydrogen-bond donors (Lipinski definition) is 1. The zero-order chi connectivity index (χ0) is 9.14. The summed E-state index contributed by atoms with van der Waals surface area (Å²) < 4.78 is 1.28. The van der Waals surface area contributed by atoms with Crippen molar-refractivity contribution in [3.05, 3.63) is 10.8 Å². The van der Waals surface area contributed by atoms with Gasteiger partial charge in [0, 0.05) is 6.92 Å². The maximum absolute atomic E-state index is 10.8. The average molecular weight is 190 g/mol. The first kappa shape index (κ1) is 9.15. The monoisotopic (exact) mass is 189 g/mol. The number of carbonyl (C=O) groups is 1. The fraction of sp³-hybridized carbons (Fsp3) is 0.500. The van der Waals surface area contributed by atoms with Gasteiger partial charge in [-0.25, -0.2) is 4.68 Å². The van der Waals surface area contributed by atoms with Crippen molar-refractivity contribution in [3.63, 3.8) is 0 Å². The van der Waals surface area contributed by atoms with Gasteiger partial charge in [-0.2, -0.15) is 0 Å². The standard InChI is InChI=1S/C6H8ClN3O2/c1-4(12)5-6(7)10(2-3-11)9-8-5/h11H,2-3H2,1H3. The third kappa shape index (κ3) is 1.62. The number of Topliss-reactive ketones (excluding diaryl/α,β-unsaturated/α-hetero) is 1. The van der Waals surface area contributed by atoms with Crippen LogP contribution in [-0.4, -0.2) is 32.5 Å². The van der Waals surface area contributed by atoms with Gasteiger partial charge in [0.1, 0.15) is 0 Å². The van der Waals surface area contributed by atoms with E-state index in [4.69, 9.17) is 16.7 Å². The summed E-state index contributed by atoms with van der Waals surface area (Å²) in [7, 11) is 0. The first-order valence-corrected chi connectivity index (χ1v) is 3.75. The van der Waals surface area contributed by atoms with E-state index < -0.39 is 0 Å². The van der Waals surface area contributed by atoms with Gasteiger partial charge in [0.15, 0.2) is 16.6 Å². The molecule has 1 aromatic rings. The Balaban J connectivity index is 2.96. The molecule has 0 atom stereocenters. The van der Waals surface area contributed by atoms with E-state index in [0.29, 0.717) is 0 Å². The molecule has 1 heterocycles. The molecule has 0 bridgehead atoms. The summed E-state index contributed by atoms with van der Waals surface area (Å²) in [5.74, 6) is -0.232. The average Bonchev–Trinajstić information content (AvgIpc) is 2.34. The van der Waals surface area contributed by atoms with Gasteiger partial charge < -0.3 is 5.11 Å². The van der Waals surface area contributed by atoms with Crippen LogP contribution in [0.1, 0.15) is 17.4 Å². The highest BCUT2D eigenvalue weighted by Crippen LogP contribution is 2.12. The Kier molecular flexibility index (Phi) is 2.78. The van der Waals surface area contributed by atoms with Crippen molar-refractivity contribution in [2.75, 3.05) is 6.61 Å². The molecule has 1 N–H and O–H groups in total. The molecule has 0 aliphatic carbocycles. The van der Waals surface area contributed by atoms with Gasteiger partial charge in [-0.3, -0.25) is 4.79 Å². The lowest BCUT2D eigenvalue weighted by Crippen LogP contribution is -2.04. The molecule has 0 aliphatic heterocycles. The number of aliphatic hydroxyl groups excluding tert-OH is 1. The molecule has 0 aromatic carbocycles. The molecule has 66 valence electrons. The normalized spacial score (nSPS) is 10.2. The molecule has 0 aliphatic rings. The Morgan fingerprint density at radius 1 is 1.75 bits per heavy atom. The number of aromatic nitrogens is 3. The number of ketones is 1. The highest BCUT2D eigenvalue weighted by Gasteiger charge is 2.13. The lowest BCUT2D eigenvalue weighted by Gasteiger charge is -1.96. The summed E-state index contributed by atoms with van der Waals surface area (Å²) in [5.41, 5.74) is 0.144. The van der Waals surface area contributed by atoms with Crippen LogP contribution in [0.4, 0.5) is 0 Å². The van der Waals surface area contributed by atoms with E-state index in [1.165, 1.54) is 11.6 Å². The van der Waals surface area contributed by atoms with Crippen LogP contribution in [0.25, 0.3) is 0 Å². The first-order chi connectivity index (χ1) is 5.66. The van der Waals surface area contributed by atoms with Crippen LogP contribution in [0.2, 0.25) is 5.15 Å². The Morgan fingerprint density at radius 3 is 2.83 bits per heavy atom. The molecule has 6 heteroatoms. The van der Waals surface area contributed by atoms with Crippen LogP contribution in [0.5, 0.6) is 0 Å². The highest BCUT2D eigenvalue weighted by molar-refractivity contribution is 6.32. The Hall–Kier alpha value is -0.940. The number of nitrogens with zero attached hydrogens (tertiary/aromatic N) is 3. The second-order valence-electron chi connectivity index (χ2n) is 2.23. The summed E-state index contributed by atoms with van der Waals surface area (Å²) in [5, 5.41) is 15.9. The summed E-state index contributed by atoms with van der Waals surface area (Å²) in [4.78, 5) is 10.8. The minimum absolute atomic E-state index is 0.0829. The van der Waals surface area contributed by atoms with Crippen LogP contribution < -0.4 is 0 Å². The van der Waals surface area contributed by atoms with Crippen LogP contribution in [-0.2, 0) is 6.54 Å². The quantitative estimate of drug-likeness (QED) is 0.687. The van der Waals surface area contributed by atoms with E-state index in [0.717, 1.165) is 0 Å². The van der Waals surface area contributed by atoms with Crippen molar-refractivity contribution in [1.82, 2.24) is 15.0 Å². The molecular weight excluding hydrogens is 182 g/mol. The topological polar surface area (TPSA) is 68.0 Å². The van der Waals surface area contributed by atoms with Gasteiger partial charge in [0.25, 0.3) is 0 Å². The van der Waals surface area contributed by atoms with Gasteiger partial charge in [-0.05, 0) is 0 Å². The second-order valence-corrected chi connectivity index (χ2v) is 2.59. The van der Waals surface area contributed by atoms with Gasteiger partial charge in [0.2, 0.25) is 0 Å². The number of rotatable bonds is 3. The second kappa shape index (κ2) is 3.64. The number of halogens is 1. The molecule has 0 saturated carbocycles. The first-order valence-electron chi connectivity index (χ1n) is 3.37. The Morgan fingerprint density at radius 2 is 2.42 bits per heavy atom. The van der Waals surface area contributed by atoms with Crippen molar-refractivity contribution in [3.8, 4) is 0 Å². The molecule has 1 aromatic heterocycles. The van der Waals surface area contributed by atoms with Gasteiger partial charge in [-0.15, -0.1) is 5.10 Å². The van der Waals surface area contributed by atoms with Gasteiger partial charge >= 0.3 is 0 Å². The fourth-order valence-electron chi connectivity index (χ4n) is 0.755. The molecule has 0 amide bonds. The SMILES string of the molecule is CC(=O)c1nnn(CCO)c1Cl. The van der Waals surface area contributed by atoms with Crippen molar-refractivity contribution < 1.29 is 9.90 Å². The molecular formula is C6H8ClN3O2. The van der Waals surface area contributed by atoms with E-state index in [1.54, 1.807) is 0 Å².